The van der Waals surface area contributed by atoms with Gasteiger partial charge >= 0.3 is 0 Å². The monoisotopic (exact) mass is 551 g/mol. The first kappa shape index (κ1) is 26.4. The van der Waals surface area contributed by atoms with Crippen LogP contribution in [0.2, 0.25) is 10.0 Å². The molecule has 1 atom stereocenters. The summed E-state index contributed by atoms with van der Waals surface area (Å²) in [7, 11) is -4.20. The molecule has 3 amide bonds. The van der Waals surface area contributed by atoms with Gasteiger partial charge in [0.1, 0.15) is 17.5 Å². The van der Waals surface area contributed by atoms with Crippen molar-refractivity contribution in [3.63, 3.8) is 0 Å². The lowest BCUT2D eigenvalue weighted by molar-refractivity contribution is -0.140. The molecule has 1 N–H and O–H groups in total. The fourth-order valence-electron chi connectivity index (χ4n) is 4.61. The number of halogens is 2. The lowest BCUT2D eigenvalue weighted by Crippen LogP contribution is -2.53. The summed E-state index contributed by atoms with van der Waals surface area (Å²) in [5, 5.41) is 3.61. The first-order valence-corrected chi connectivity index (χ1v) is 14.0. The van der Waals surface area contributed by atoms with Crippen molar-refractivity contribution in [2.75, 3.05) is 6.54 Å². The number of fused-ring (bicyclic) bond motifs is 1. The smallest absolute Gasteiger partial charge is 0.269 e. The number of hydrogen-bond donors (Lipinski definition) is 1. The highest BCUT2D eigenvalue weighted by Gasteiger charge is 2.43. The van der Waals surface area contributed by atoms with Crippen LogP contribution in [-0.2, 0) is 26.2 Å². The van der Waals surface area contributed by atoms with E-state index >= 15 is 0 Å². The molecule has 0 spiro atoms. The Hall–Kier alpha value is -2.62. The predicted octanol–water partition coefficient (Wildman–Crippen LogP) is 4.00. The normalized spacial score (nSPS) is 18.0. The summed E-state index contributed by atoms with van der Waals surface area (Å²) in [6.07, 6.45) is 4.89. The lowest BCUT2D eigenvalue weighted by atomic mass is 9.95. The van der Waals surface area contributed by atoms with Crippen LogP contribution in [0.1, 0.15) is 54.9 Å². The van der Waals surface area contributed by atoms with Crippen molar-refractivity contribution in [2.24, 2.45) is 0 Å². The summed E-state index contributed by atoms with van der Waals surface area (Å²) in [5.41, 5.74) is 0.430. The van der Waals surface area contributed by atoms with Gasteiger partial charge in [-0.3, -0.25) is 14.4 Å². The molecule has 4 rings (SSSR count). The highest BCUT2D eigenvalue weighted by molar-refractivity contribution is 7.90. The van der Waals surface area contributed by atoms with Gasteiger partial charge in [0.15, 0.2) is 0 Å². The van der Waals surface area contributed by atoms with Crippen LogP contribution in [-0.4, -0.2) is 54.0 Å². The third kappa shape index (κ3) is 5.23. The second kappa shape index (κ2) is 10.8. The molecule has 1 aliphatic heterocycles. The molecule has 1 fully saturated rings. The van der Waals surface area contributed by atoms with Crippen molar-refractivity contribution in [1.82, 2.24) is 14.5 Å². The Morgan fingerprint density at radius 1 is 1.06 bits per heavy atom. The number of amides is 3. The average Bonchev–Trinajstić information content (AvgIpc) is 3.05. The van der Waals surface area contributed by atoms with E-state index < -0.39 is 34.4 Å². The van der Waals surface area contributed by atoms with Gasteiger partial charge in [-0.2, -0.15) is 0 Å². The average molecular weight is 552 g/mol. The molecule has 1 saturated carbocycles. The van der Waals surface area contributed by atoms with E-state index in [1.54, 1.807) is 31.2 Å². The molecule has 192 valence electrons. The number of rotatable bonds is 7. The first-order valence-electron chi connectivity index (χ1n) is 11.8. The van der Waals surface area contributed by atoms with Crippen LogP contribution in [0, 0.1) is 0 Å². The minimum absolute atomic E-state index is 0.00842. The fourth-order valence-corrected chi connectivity index (χ4v) is 6.64. The fraction of sp³-hybridized carbons (Fsp3) is 0.400. The number of nitrogens with one attached hydrogen (secondary N) is 1. The maximum absolute atomic E-state index is 13.6. The molecule has 0 aromatic heterocycles. The van der Waals surface area contributed by atoms with Crippen molar-refractivity contribution in [1.29, 1.82) is 0 Å². The lowest BCUT2D eigenvalue weighted by Gasteiger charge is -2.32. The SMILES string of the molecule is CC(C(=O)NC1CCCCC1)N(Cc1c(Cl)cccc1Cl)C(=O)CN1C(=O)c2ccccc2S1(=O)=O. The Morgan fingerprint density at radius 2 is 1.69 bits per heavy atom. The number of sulfonamides is 1. The van der Waals surface area contributed by atoms with E-state index in [4.69, 9.17) is 23.2 Å². The third-order valence-electron chi connectivity index (χ3n) is 6.70. The quantitative estimate of drug-likeness (QED) is 0.559. The number of hydrogen-bond acceptors (Lipinski definition) is 5. The summed E-state index contributed by atoms with van der Waals surface area (Å²) >= 11 is 12.7. The standard InChI is InChI=1S/C25H27Cl2N3O5S/c1-16(24(32)28-17-8-3-2-4-9-17)29(14-19-20(26)11-7-12-21(19)27)23(31)15-30-25(33)18-10-5-6-13-22(18)36(30,34)35/h5-7,10-13,16-17H,2-4,8-9,14-15H2,1H3,(H,28,32). The van der Waals surface area contributed by atoms with Crippen LogP contribution in [0.15, 0.2) is 47.4 Å². The van der Waals surface area contributed by atoms with E-state index in [9.17, 15) is 22.8 Å². The van der Waals surface area contributed by atoms with Gasteiger partial charge in [-0.15, -0.1) is 0 Å². The zero-order chi connectivity index (χ0) is 26.0. The Balaban J connectivity index is 1.61. The summed E-state index contributed by atoms with van der Waals surface area (Å²) in [6, 6.07) is 9.74. The van der Waals surface area contributed by atoms with Crippen molar-refractivity contribution in [3.8, 4) is 0 Å². The summed E-state index contributed by atoms with van der Waals surface area (Å²) in [6.45, 7) is 0.681. The van der Waals surface area contributed by atoms with Crippen LogP contribution in [0.5, 0.6) is 0 Å². The zero-order valence-electron chi connectivity index (χ0n) is 19.7. The van der Waals surface area contributed by atoms with Gasteiger partial charge in [-0.1, -0.05) is 60.7 Å². The summed E-state index contributed by atoms with van der Waals surface area (Å²) in [4.78, 5) is 40.6. The Labute approximate surface area is 220 Å². The van der Waals surface area contributed by atoms with Gasteiger partial charge in [0, 0.05) is 28.2 Å². The van der Waals surface area contributed by atoms with Gasteiger partial charge in [-0.25, -0.2) is 12.7 Å². The molecule has 1 heterocycles. The van der Waals surface area contributed by atoms with Crippen LogP contribution in [0.4, 0.5) is 0 Å². The van der Waals surface area contributed by atoms with Crippen LogP contribution >= 0.6 is 23.2 Å². The van der Waals surface area contributed by atoms with Gasteiger partial charge < -0.3 is 10.2 Å². The molecule has 36 heavy (non-hydrogen) atoms. The molecule has 1 aliphatic carbocycles. The Kier molecular flexibility index (Phi) is 7.92. The van der Waals surface area contributed by atoms with Crippen molar-refractivity contribution in [3.05, 3.63) is 63.6 Å². The van der Waals surface area contributed by atoms with Gasteiger partial charge in [0.2, 0.25) is 11.8 Å². The molecule has 0 radical (unpaired) electrons. The first-order chi connectivity index (χ1) is 17.1. The minimum atomic E-state index is -4.20. The Morgan fingerprint density at radius 3 is 2.33 bits per heavy atom. The second-order valence-corrected chi connectivity index (χ2v) is 11.7. The molecule has 2 aromatic carbocycles. The van der Waals surface area contributed by atoms with E-state index in [2.05, 4.69) is 5.32 Å². The van der Waals surface area contributed by atoms with E-state index in [0.717, 1.165) is 32.1 Å². The summed E-state index contributed by atoms with van der Waals surface area (Å²) < 4.78 is 26.5. The van der Waals surface area contributed by atoms with Crippen LogP contribution in [0.3, 0.4) is 0 Å². The molecule has 11 heteroatoms. The molecule has 1 unspecified atom stereocenters. The zero-order valence-corrected chi connectivity index (χ0v) is 22.1. The third-order valence-corrected chi connectivity index (χ3v) is 9.20. The number of carbonyl (C=O) groups is 3. The van der Waals surface area contributed by atoms with Gasteiger partial charge in [-0.05, 0) is 44.0 Å². The number of carbonyl (C=O) groups excluding carboxylic acids is 3. The molecule has 0 saturated heterocycles. The van der Waals surface area contributed by atoms with Crippen LogP contribution < -0.4 is 5.32 Å². The molecule has 2 aliphatic rings. The molecular weight excluding hydrogens is 525 g/mol. The number of benzene rings is 2. The second-order valence-electron chi connectivity index (χ2n) is 9.05. The topological polar surface area (TPSA) is 104 Å². The largest absolute Gasteiger partial charge is 0.352 e. The molecule has 8 nitrogen and oxygen atoms in total. The maximum atomic E-state index is 13.6. The molecule has 0 bridgehead atoms. The van der Waals surface area contributed by atoms with E-state index in [-0.39, 0.29) is 29.0 Å². The van der Waals surface area contributed by atoms with Gasteiger partial charge in [0.05, 0.1) is 5.56 Å². The van der Waals surface area contributed by atoms with Crippen molar-refractivity contribution >= 4 is 50.9 Å². The van der Waals surface area contributed by atoms with Crippen LogP contribution in [0.25, 0.3) is 0 Å². The summed E-state index contributed by atoms with van der Waals surface area (Å²) in [5.74, 6) is -1.87. The highest BCUT2D eigenvalue weighted by atomic mass is 35.5. The van der Waals surface area contributed by atoms with E-state index in [1.165, 1.54) is 23.1 Å². The van der Waals surface area contributed by atoms with Crippen molar-refractivity contribution in [2.45, 2.75) is 62.6 Å². The number of nitrogens with zero attached hydrogens (tertiary/aromatic N) is 2. The van der Waals surface area contributed by atoms with E-state index in [1.807, 2.05) is 0 Å². The van der Waals surface area contributed by atoms with Crippen molar-refractivity contribution < 1.29 is 22.8 Å². The predicted molar refractivity (Wildman–Crippen MR) is 136 cm³/mol. The maximum Gasteiger partial charge on any atom is 0.269 e. The van der Waals surface area contributed by atoms with Gasteiger partial charge in [0.25, 0.3) is 15.9 Å². The Bertz CT molecular complexity index is 1270. The van der Waals surface area contributed by atoms with E-state index in [0.29, 0.717) is 19.9 Å². The molecular formula is C25H27Cl2N3O5S. The molecule has 2 aromatic rings. The minimum Gasteiger partial charge on any atom is -0.352 e. The highest BCUT2D eigenvalue weighted by Crippen LogP contribution is 2.31.